The first-order chi connectivity index (χ1) is 9.97. The second-order valence-electron chi connectivity index (χ2n) is 4.30. The number of halogens is 2. The lowest BCUT2D eigenvalue weighted by Gasteiger charge is -2.10. The molecule has 0 fully saturated rings. The van der Waals surface area contributed by atoms with E-state index in [1.807, 2.05) is 30.3 Å². The summed E-state index contributed by atoms with van der Waals surface area (Å²) in [5, 5.41) is 1.82. The molecule has 21 heavy (non-hydrogen) atoms. The van der Waals surface area contributed by atoms with E-state index in [-0.39, 0.29) is 4.21 Å². The van der Waals surface area contributed by atoms with Crippen LogP contribution in [0.4, 0.5) is 5.69 Å². The molecule has 0 aliphatic carbocycles. The fourth-order valence-corrected chi connectivity index (χ4v) is 5.56. The molecule has 0 saturated heterocycles. The molecule has 1 heterocycles. The van der Waals surface area contributed by atoms with Crippen LogP contribution in [0.25, 0.3) is 10.8 Å². The Bertz CT molecular complexity index is 920. The molecule has 0 radical (unpaired) electrons. The first-order valence-electron chi connectivity index (χ1n) is 5.93. The summed E-state index contributed by atoms with van der Waals surface area (Å²) in [5.41, 5.74) is 0.568. The van der Waals surface area contributed by atoms with Gasteiger partial charge in [0.2, 0.25) is 0 Å². The maximum Gasteiger partial charge on any atom is 0.271 e. The molecule has 0 atom stereocenters. The Labute approximate surface area is 143 Å². The lowest BCUT2D eigenvalue weighted by atomic mass is 10.1. The molecule has 0 aliphatic rings. The van der Waals surface area contributed by atoms with Crippen LogP contribution in [0.2, 0.25) is 0 Å². The molecule has 2 aromatic carbocycles. The van der Waals surface area contributed by atoms with Crippen LogP contribution >= 0.6 is 43.2 Å². The van der Waals surface area contributed by atoms with Gasteiger partial charge in [0, 0.05) is 9.86 Å². The quantitative estimate of drug-likeness (QED) is 0.598. The van der Waals surface area contributed by atoms with Gasteiger partial charge in [0.1, 0.15) is 4.21 Å². The minimum absolute atomic E-state index is 0.279. The van der Waals surface area contributed by atoms with E-state index in [0.717, 1.165) is 19.0 Å². The lowest BCUT2D eigenvalue weighted by Crippen LogP contribution is -2.11. The molecule has 1 N–H and O–H groups in total. The Balaban J connectivity index is 2.08. The van der Waals surface area contributed by atoms with E-state index in [1.165, 1.54) is 11.3 Å². The van der Waals surface area contributed by atoms with Crippen LogP contribution in [-0.2, 0) is 10.0 Å². The molecule has 3 nitrogen and oxygen atoms in total. The molecule has 108 valence electrons. The van der Waals surface area contributed by atoms with Crippen molar-refractivity contribution in [2.75, 3.05) is 4.72 Å². The van der Waals surface area contributed by atoms with Crippen LogP contribution in [0.3, 0.4) is 0 Å². The van der Waals surface area contributed by atoms with Gasteiger partial charge in [0.15, 0.2) is 0 Å². The van der Waals surface area contributed by atoms with E-state index in [2.05, 4.69) is 36.6 Å². The molecule has 3 rings (SSSR count). The second-order valence-corrected chi connectivity index (χ2v) is 9.53. The van der Waals surface area contributed by atoms with Crippen LogP contribution in [0.1, 0.15) is 0 Å². The molecular weight excluding hydrogens is 438 g/mol. The van der Waals surface area contributed by atoms with Gasteiger partial charge in [-0.1, -0.05) is 40.2 Å². The zero-order valence-electron chi connectivity index (χ0n) is 10.5. The Morgan fingerprint density at radius 3 is 2.29 bits per heavy atom. The first kappa shape index (κ1) is 15.0. The van der Waals surface area contributed by atoms with Gasteiger partial charge in [0.25, 0.3) is 10.0 Å². The van der Waals surface area contributed by atoms with Gasteiger partial charge in [-0.15, -0.1) is 11.3 Å². The number of thiophene rings is 1. The monoisotopic (exact) mass is 445 g/mol. The van der Waals surface area contributed by atoms with E-state index < -0.39 is 10.0 Å². The van der Waals surface area contributed by atoms with Crippen LogP contribution in [0.5, 0.6) is 0 Å². The zero-order valence-corrected chi connectivity index (χ0v) is 15.3. The fraction of sp³-hybridized carbons (Fsp3) is 0. The summed E-state index contributed by atoms with van der Waals surface area (Å²) in [6, 6.07) is 14.5. The van der Waals surface area contributed by atoms with Gasteiger partial charge in [-0.2, -0.15) is 0 Å². The van der Waals surface area contributed by atoms with E-state index in [9.17, 15) is 8.42 Å². The molecule has 1 aromatic heterocycles. The van der Waals surface area contributed by atoms with Gasteiger partial charge in [0.05, 0.1) is 9.47 Å². The number of fused-ring (bicyclic) bond motifs is 1. The number of benzene rings is 2. The number of hydrogen-bond donors (Lipinski definition) is 1. The average molecular weight is 447 g/mol. The van der Waals surface area contributed by atoms with Crippen molar-refractivity contribution in [2.24, 2.45) is 0 Å². The third-order valence-corrected chi connectivity index (χ3v) is 7.10. The highest BCUT2D eigenvalue weighted by atomic mass is 79.9. The third kappa shape index (κ3) is 3.01. The summed E-state index contributed by atoms with van der Waals surface area (Å²) in [7, 11) is -3.57. The van der Waals surface area contributed by atoms with Crippen molar-refractivity contribution in [1.82, 2.24) is 0 Å². The summed E-state index contributed by atoms with van der Waals surface area (Å²) < 4.78 is 29.5. The number of hydrogen-bond acceptors (Lipinski definition) is 3. The summed E-state index contributed by atoms with van der Waals surface area (Å²) >= 11 is 7.94. The smallest absolute Gasteiger partial charge is 0.271 e. The van der Waals surface area contributed by atoms with Crippen molar-refractivity contribution in [3.8, 4) is 0 Å². The normalized spacial score (nSPS) is 11.7. The van der Waals surface area contributed by atoms with Gasteiger partial charge < -0.3 is 0 Å². The van der Waals surface area contributed by atoms with Crippen molar-refractivity contribution in [2.45, 2.75) is 4.21 Å². The zero-order chi connectivity index (χ0) is 15.0. The standard InChI is InChI=1S/C14H9Br2NO2S2/c15-11-5-6-12(10-4-2-1-3-9(10)11)17-21(18,19)14-8-7-13(16)20-14/h1-8,17H. The summed E-state index contributed by atoms with van der Waals surface area (Å²) in [5.74, 6) is 0. The van der Waals surface area contributed by atoms with Gasteiger partial charge in [-0.3, -0.25) is 4.72 Å². The number of nitrogens with one attached hydrogen (secondary N) is 1. The molecule has 7 heteroatoms. The second kappa shape index (κ2) is 5.72. The topological polar surface area (TPSA) is 46.2 Å². The highest BCUT2D eigenvalue weighted by Gasteiger charge is 2.18. The van der Waals surface area contributed by atoms with Crippen molar-refractivity contribution < 1.29 is 8.42 Å². The third-order valence-electron chi connectivity index (χ3n) is 2.93. The van der Waals surface area contributed by atoms with Gasteiger partial charge >= 0.3 is 0 Å². The minimum atomic E-state index is -3.57. The minimum Gasteiger partial charge on any atom is -0.278 e. The van der Waals surface area contributed by atoms with E-state index >= 15 is 0 Å². The fourth-order valence-electron chi connectivity index (χ4n) is 1.99. The summed E-state index contributed by atoms with van der Waals surface area (Å²) in [6.45, 7) is 0. The van der Waals surface area contributed by atoms with Gasteiger partial charge in [-0.25, -0.2) is 8.42 Å². The Hall–Kier alpha value is -0.890. The molecule has 3 aromatic rings. The molecule has 0 bridgehead atoms. The highest BCUT2D eigenvalue weighted by Crippen LogP contribution is 2.33. The summed E-state index contributed by atoms with van der Waals surface area (Å²) in [6.07, 6.45) is 0. The predicted molar refractivity (Wildman–Crippen MR) is 94.5 cm³/mol. The predicted octanol–water partition coefficient (Wildman–Crippen LogP) is 5.23. The molecule has 0 amide bonds. The number of sulfonamides is 1. The van der Waals surface area contributed by atoms with Crippen molar-refractivity contribution in [1.29, 1.82) is 0 Å². The van der Waals surface area contributed by atoms with Crippen LogP contribution < -0.4 is 4.72 Å². The van der Waals surface area contributed by atoms with Crippen molar-refractivity contribution >= 4 is 69.7 Å². The number of rotatable bonds is 3. The number of anilines is 1. The van der Waals surface area contributed by atoms with Crippen molar-refractivity contribution in [3.63, 3.8) is 0 Å². The SMILES string of the molecule is O=S(=O)(Nc1ccc(Br)c2ccccc12)c1ccc(Br)s1. The van der Waals surface area contributed by atoms with E-state index in [4.69, 9.17) is 0 Å². The lowest BCUT2D eigenvalue weighted by molar-refractivity contribution is 0.603. The Morgan fingerprint density at radius 2 is 1.62 bits per heavy atom. The first-order valence-corrected chi connectivity index (χ1v) is 9.81. The van der Waals surface area contributed by atoms with Crippen molar-refractivity contribution in [3.05, 3.63) is 56.8 Å². The highest BCUT2D eigenvalue weighted by molar-refractivity contribution is 9.11. The van der Waals surface area contributed by atoms with Gasteiger partial charge in [-0.05, 0) is 45.6 Å². The van der Waals surface area contributed by atoms with Crippen LogP contribution in [-0.4, -0.2) is 8.42 Å². The molecule has 0 saturated carbocycles. The Morgan fingerprint density at radius 1 is 0.905 bits per heavy atom. The molecular formula is C14H9Br2NO2S2. The Kier molecular flexibility index (Phi) is 4.09. The maximum absolute atomic E-state index is 12.4. The molecule has 0 unspecified atom stereocenters. The van der Waals surface area contributed by atoms with Crippen LogP contribution in [0, 0.1) is 0 Å². The largest absolute Gasteiger partial charge is 0.278 e. The molecule has 0 spiro atoms. The maximum atomic E-state index is 12.4. The van der Waals surface area contributed by atoms with E-state index in [0.29, 0.717) is 5.69 Å². The molecule has 0 aliphatic heterocycles. The summed E-state index contributed by atoms with van der Waals surface area (Å²) in [4.78, 5) is 0. The average Bonchev–Trinajstić information content (AvgIpc) is 2.90. The van der Waals surface area contributed by atoms with Crippen LogP contribution in [0.15, 0.2) is 61.0 Å². The van der Waals surface area contributed by atoms with E-state index in [1.54, 1.807) is 18.2 Å².